The van der Waals surface area contributed by atoms with Crippen molar-refractivity contribution in [3.63, 3.8) is 0 Å². The number of thiazole rings is 1. The van der Waals surface area contributed by atoms with Crippen LogP contribution in [0.4, 0.5) is 24.0 Å². The number of nitrogens with one attached hydrogen (secondary N) is 1. The van der Waals surface area contributed by atoms with E-state index in [2.05, 4.69) is 10.3 Å². The number of hydrogen-bond donors (Lipinski definition) is 1. The summed E-state index contributed by atoms with van der Waals surface area (Å²) in [5.74, 6) is -0.254. The number of carbonyl (C=O) groups is 2. The van der Waals surface area contributed by atoms with Crippen LogP contribution in [-0.2, 0) is 22.2 Å². The van der Waals surface area contributed by atoms with Crippen molar-refractivity contribution in [3.8, 4) is 5.75 Å². The molecule has 3 aromatic rings. The van der Waals surface area contributed by atoms with E-state index in [0.717, 1.165) is 12.1 Å². The van der Waals surface area contributed by atoms with Gasteiger partial charge in [-0.3, -0.25) is 14.5 Å². The molecule has 2 amide bonds. The number of benzene rings is 2. The molecule has 1 atom stereocenters. The summed E-state index contributed by atoms with van der Waals surface area (Å²) in [6.45, 7) is 1.40. The first-order valence-corrected chi connectivity index (χ1v) is 10.5. The number of fused-ring (bicyclic) bond motifs is 1. The minimum absolute atomic E-state index is 0.216. The maximum absolute atomic E-state index is 12.9. The van der Waals surface area contributed by atoms with Crippen molar-refractivity contribution >= 4 is 34.0 Å². The Hall–Kier alpha value is -3.40. The average Bonchev–Trinajstić information content (AvgIpc) is 3.17. The van der Waals surface area contributed by atoms with E-state index in [1.807, 2.05) is 0 Å². The van der Waals surface area contributed by atoms with Gasteiger partial charge in [0, 0.05) is 17.5 Å². The fourth-order valence-corrected chi connectivity index (χ4v) is 4.19. The molecule has 32 heavy (non-hydrogen) atoms. The molecule has 0 bridgehead atoms. The zero-order chi connectivity index (χ0) is 22.9. The summed E-state index contributed by atoms with van der Waals surface area (Å²) in [4.78, 5) is 31.3. The van der Waals surface area contributed by atoms with Gasteiger partial charge in [0.2, 0.25) is 5.91 Å². The van der Waals surface area contributed by atoms with E-state index in [4.69, 9.17) is 4.74 Å². The normalized spacial score (nSPS) is 15.8. The molecule has 2 heterocycles. The molecule has 0 saturated heterocycles. The largest absolute Gasteiger partial charge is 0.479 e. The van der Waals surface area contributed by atoms with Crippen molar-refractivity contribution in [1.82, 2.24) is 4.98 Å². The van der Waals surface area contributed by atoms with Gasteiger partial charge in [0.05, 0.1) is 11.3 Å². The van der Waals surface area contributed by atoms with Crippen molar-refractivity contribution in [2.45, 2.75) is 25.6 Å². The van der Waals surface area contributed by atoms with Crippen LogP contribution in [0.25, 0.3) is 0 Å². The van der Waals surface area contributed by atoms with Gasteiger partial charge >= 0.3 is 6.18 Å². The second-order valence-corrected chi connectivity index (χ2v) is 8.32. The molecule has 166 valence electrons. The number of nitrogens with zero attached hydrogens (tertiary/aromatic N) is 2. The van der Waals surface area contributed by atoms with Crippen molar-refractivity contribution in [2.75, 3.05) is 16.8 Å². The molecule has 0 fully saturated rings. The quantitative estimate of drug-likeness (QED) is 0.607. The van der Waals surface area contributed by atoms with E-state index in [9.17, 15) is 22.8 Å². The maximum Gasteiger partial charge on any atom is 0.416 e. The highest BCUT2D eigenvalue weighted by Gasteiger charge is 2.33. The van der Waals surface area contributed by atoms with Gasteiger partial charge < -0.3 is 10.1 Å². The van der Waals surface area contributed by atoms with Crippen molar-refractivity contribution < 1.29 is 27.5 Å². The lowest BCUT2D eigenvalue weighted by Gasteiger charge is -2.32. The lowest BCUT2D eigenvalue weighted by atomic mass is 10.1. The first-order chi connectivity index (χ1) is 15.2. The van der Waals surface area contributed by atoms with Crippen LogP contribution in [0.15, 0.2) is 54.7 Å². The highest BCUT2D eigenvalue weighted by molar-refractivity contribution is 7.15. The molecule has 0 radical (unpaired) electrons. The van der Waals surface area contributed by atoms with Crippen molar-refractivity contribution in [1.29, 1.82) is 0 Å². The molecule has 1 aliphatic heterocycles. The molecule has 4 rings (SSSR count). The predicted octanol–water partition coefficient (Wildman–Crippen LogP) is 4.51. The lowest BCUT2D eigenvalue weighted by Crippen LogP contribution is -2.47. The molecule has 0 aliphatic carbocycles. The number of para-hydroxylation sites is 2. The summed E-state index contributed by atoms with van der Waals surface area (Å²) in [5.41, 5.74) is 0.290. The van der Waals surface area contributed by atoms with Gasteiger partial charge in [-0.15, -0.1) is 11.3 Å². The number of anilines is 2. The van der Waals surface area contributed by atoms with Gasteiger partial charge in [-0.25, -0.2) is 4.98 Å². The number of ether oxygens (including phenoxy) is 1. The third-order valence-corrected chi connectivity index (χ3v) is 5.72. The molecule has 1 unspecified atom stereocenters. The molecule has 0 saturated carbocycles. The Kier molecular flexibility index (Phi) is 5.88. The van der Waals surface area contributed by atoms with E-state index in [1.165, 1.54) is 28.5 Å². The smallest absolute Gasteiger partial charge is 0.416 e. The van der Waals surface area contributed by atoms with E-state index in [-0.39, 0.29) is 18.9 Å². The summed E-state index contributed by atoms with van der Waals surface area (Å²) in [7, 11) is 0. The van der Waals surface area contributed by atoms with E-state index >= 15 is 0 Å². The van der Waals surface area contributed by atoms with E-state index in [1.54, 1.807) is 37.3 Å². The lowest BCUT2D eigenvalue weighted by molar-refractivity contribution is -0.137. The number of alkyl halides is 3. The van der Waals surface area contributed by atoms with Gasteiger partial charge in [-0.05, 0) is 30.7 Å². The summed E-state index contributed by atoms with van der Waals surface area (Å²) >= 11 is 1.17. The maximum atomic E-state index is 12.9. The summed E-state index contributed by atoms with van der Waals surface area (Å²) < 4.78 is 44.3. The molecular weight excluding hydrogens is 443 g/mol. The van der Waals surface area contributed by atoms with Gasteiger partial charge in [0.15, 0.2) is 11.2 Å². The third kappa shape index (κ3) is 4.75. The van der Waals surface area contributed by atoms with E-state index < -0.39 is 23.8 Å². The Morgan fingerprint density at radius 1 is 1.22 bits per heavy atom. The van der Waals surface area contributed by atoms with Gasteiger partial charge in [-0.1, -0.05) is 30.3 Å². The highest BCUT2D eigenvalue weighted by atomic mass is 32.1. The first kappa shape index (κ1) is 21.8. The van der Waals surface area contributed by atoms with Crippen LogP contribution >= 0.6 is 11.3 Å². The van der Waals surface area contributed by atoms with Gasteiger partial charge in [0.25, 0.3) is 5.91 Å². The average molecular weight is 461 g/mol. The van der Waals surface area contributed by atoms with Crippen LogP contribution in [0.3, 0.4) is 0 Å². The Morgan fingerprint density at radius 3 is 2.78 bits per heavy atom. The van der Waals surface area contributed by atoms with Crippen molar-refractivity contribution in [2.24, 2.45) is 0 Å². The second-order valence-electron chi connectivity index (χ2n) is 7.21. The third-order valence-electron chi connectivity index (χ3n) is 4.81. The minimum atomic E-state index is -4.41. The monoisotopic (exact) mass is 461 g/mol. The zero-order valence-corrected chi connectivity index (χ0v) is 17.7. The van der Waals surface area contributed by atoms with Crippen LogP contribution in [0, 0.1) is 0 Å². The molecule has 1 aliphatic rings. The molecule has 10 heteroatoms. The number of aromatic nitrogens is 1. The minimum Gasteiger partial charge on any atom is -0.479 e. The van der Waals surface area contributed by atoms with Crippen LogP contribution in [0.5, 0.6) is 5.75 Å². The molecule has 6 nitrogen and oxygen atoms in total. The summed E-state index contributed by atoms with van der Waals surface area (Å²) in [5, 5.41) is 2.96. The van der Waals surface area contributed by atoms with Crippen LogP contribution in [-0.4, -0.2) is 29.4 Å². The number of rotatable bonds is 5. The molecule has 0 spiro atoms. The first-order valence-electron chi connectivity index (χ1n) is 9.68. The zero-order valence-electron chi connectivity index (χ0n) is 16.8. The van der Waals surface area contributed by atoms with Crippen LogP contribution < -0.4 is 15.0 Å². The molecular formula is C22H18F3N3O3S. The fraction of sp³-hybridized carbons (Fsp3) is 0.227. The fourth-order valence-electron chi connectivity index (χ4n) is 3.33. The van der Waals surface area contributed by atoms with Crippen molar-refractivity contribution in [3.05, 3.63) is 70.7 Å². The summed E-state index contributed by atoms with van der Waals surface area (Å²) in [6.07, 6.45) is -3.35. The molecule has 1 N–H and O–H groups in total. The number of carbonyl (C=O) groups excluding carboxylic acids is 2. The summed E-state index contributed by atoms with van der Waals surface area (Å²) in [6, 6.07) is 12.0. The topological polar surface area (TPSA) is 71.5 Å². The number of halogens is 3. The van der Waals surface area contributed by atoms with Crippen LogP contribution in [0.2, 0.25) is 0 Å². The Balaban J connectivity index is 1.42. The highest BCUT2D eigenvalue weighted by Crippen LogP contribution is 2.34. The van der Waals surface area contributed by atoms with Crippen LogP contribution in [0.1, 0.15) is 22.9 Å². The second kappa shape index (κ2) is 8.62. The number of amides is 2. The van der Waals surface area contributed by atoms with E-state index in [0.29, 0.717) is 27.0 Å². The van der Waals surface area contributed by atoms with Gasteiger partial charge in [0.1, 0.15) is 12.3 Å². The van der Waals surface area contributed by atoms with Gasteiger partial charge in [-0.2, -0.15) is 13.2 Å². The number of hydrogen-bond acceptors (Lipinski definition) is 5. The molecule has 1 aromatic heterocycles. The Bertz CT molecular complexity index is 1160. The Morgan fingerprint density at radius 2 is 2.00 bits per heavy atom. The standard InChI is InChI=1S/C22H18F3N3O3S/c1-13-20(30)28(17-7-2-3-8-18(17)31-13)12-19(29)27-21-26-11-16(32-21)10-14-5-4-6-15(9-14)22(23,24)25/h2-9,11,13H,10,12H2,1H3,(H,26,27,29). The Labute approximate surface area is 185 Å². The predicted molar refractivity (Wildman–Crippen MR) is 114 cm³/mol. The SMILES string of the molecule is CC1Oc2ccccc2N(CC(=O)Nc2ncc(Cc3cccc(C(F)(F)F)c3)s2)C1=O. The molecule has 2 aromatic carbocycles.